The molecule has 2 aliphatic rings. The van der Waals surface area contributed by atoms with Crippen LogP contribution in [-0.2, 0) is 25.5 Å². The third-order valence-corrected chi connectivity index (χ3v) is 9.97. The van der Waals surface area contributed by atoms with Gasteiger partial charge in [0, 0.05) is 5.69 Å². The number of nitriles is 1. The topological polar surface area (TPSA) is 143 Å². The van der Waals surface area contributed by atoms with Crippen LogP contribution in [0.1, 0.15) is 103 Å². The number of nitrogens with zero attached hydrogens (tertiary/aromatic N) is 1. The van der Waals surface area contributed by atoms with Crippen molar-refractivity contribution >= 4 is 21.5 Å². The van der Waals surface area contributed by atoms with Gasteiger partial charge in [0.1, 0.15) is 5.54 Å². The predicted octanol–water partition coefficient (Wildman–Crippen LogP) is 6.49. The molecule has 2 aliphatic carbocycles. The number of hydrogen-bond acceptors (Lipinski definition) is 7. The van der Waals surface area contributed by atoms with Crippen LogP contribution in [0.25, 0.3) is 0 Å². The van der Waals surface area contributed by atoms with Crippen molar-refractivity contribution in [1.82, 2.24) is 5.32 Å². The quantitative estimate of drug-likeness (QED) is 0.150. The van der Waals surface area contributed by atoms with Crippen LogP contribution in [0.4, 0.5) is 18.9 Å². The fourth-order valence-corrected chi connectivity index (χ4v) is 7.21. The first-order valence-corrected chi connectivity index (χ1v) is 16.5. The summed E-state index contributed by atoms with van der Waals surface area (Å²) in [5.74, 6) is -2.33. The summed E-state index contributed by atoms with van der Waals surface area (Å²) >= 11 is 0. The van der Waals surface area contributed by atoms with Crippen LogP contribution < -0.4 is 11.1 Å². The van der Waals surface area contributed by atoms with Crippen molar-refractivity contribution in [3.05, 3.63) is 23.8 Å². The molecular weight excluding hydrogens is 571 g/mol. The van der Waals surface area contributed by atoms with Crippen molar-refractivity contribution in [3.8, 4) is 6.07 Å². The number of nitrogen functional groups attached to an aromatic ring is 1. The molecule has 0 saturated heterocycles. The lowest BCUT2D eigenvalue weighted by Crippen LogP contribution is -2.30. The number of rotatable bonds is 15. The second-order valence-electron chi connectivity index (χ2n) is 11.7. The number of nitrogens with two attached hydrogens (primary N) is 1. The van der Waals surface area contributed by atoms with Gasteiger partial charge in [-0.3, -0.25) is 10.1 Å². The highest BCUT2D eigenvalue weighted by Gasteiger charge is 2.48. The van der Waals surface area contributed by atoms with Crippen LogP contribution >= 0.6 is 0 Å². The van der Waals surface area contributed by atoms with Crippen LogP contribution in [-0.4, -0.2) is 49.0 Å². The number of halogens is 3. The summed E-state index contributed by atoms with van der Waals surface area (Å²) in [6, 6.07) is 4.83. The van der Waals surface area contributed by atoms with E-state index in [-0.39, 0.29) is 30.2 Å². The molecule has 8 nitrogen and oxygen atoms in total. The second kappa shape index (κ2) is 15.9. The van der Waals surface area contributed by atoms with E-state index in [4.69, 9.17) is 15.7 Å². The highest BCUT2D eigenvalue weighted by atomic mass is 32.2. The van der Waals surface area contributed by atoms with E-state index in [2.05, 4.69) is 18.3 Å². The number of ether oxygens (including phenoxy) is 1. The number of carbonyl (C=O) groups is 1. The fraction of sp³-hybridized carbons (Fsp3) is 0.733. The summed E-state index contributed by atoms with van der Waals surface area (Å²) in [4.78, 5) is 10.5. The Hall–Kier alpha value is -2.36. The lowest BCUT2D eigenvalue weighted by atomic mass is 10.1. The maximum absolute atomic E-state index is 13.3. The molecule has 0 unspecified atom stereocenters. The second-order valence-corrected chi connectivity index (χ2v) is 13.9. The smallest absolute Gasteiger partial charge is 0.417 e. The molecule has 0 amide bonds. The van der Waals surface area contributed by atoms with Crippen LogP contribution in [0.3, 0.4) is 0 Å². The number of carboxylic acid groups (broad SMARTS) is 1. The summed E-state index contributed by atoms with van der Waals surface area (Å²) < 4.78 is 70.9. The standard InChI is InChI=1S/C16H20F3NO5S.C14H26N2/c1-8(2)25-13-7-10(6-11(13)15(21)22)26(23,24)14-4-3-9(20)5-12(14)16(17,18)19;1-2-3-4-5-6-7-8-9-12-16-14(13-15)10-11-14/h3-5,8,10-11,13H,6-7,20H2,1-2H3,(H,21,22);16H,2-12H2,1H3/t10-,11-,13-;/m0./s1. The van der Waals surface area contributed by atoms with E-state index < -0.39 is 49.7 Å². The lowest BCUT2D eigenvalue weighted by molar-refractivity contribution is -0.147. The molecule has 0 spiro atoms. The Morgan fingerprint density at radius 2 is 1.74 bits per heavy atom. The fourth-order valence-electron chi connectivity index (χ4n) is 5.20. The van der Waals surface area contributed by atoms with Gasteiger partial charge in [-0.2, -0.15) is 18.4 Å². The average Bonchev–Trinajstić information content (AvgIpc) is 3.56. The van der Waals surface area contributed by atoms with Crippen molar-refractivity contribution in [1.29, 1.82) is 5.26 Å². The van der Waals surface area contributed by atoms with Crippen molar-refractivity contribution in [2.45, 2.75) is 132 Å². The summed E-state index contributed by atoms with van der Waals surface area (Å²) in [7, 11) is -4.42. The molecule has 42 heavy (non-hydrogen) atoms. The first-order valence-electron chi connectivity index (χ1n) is 14.9. The van der Waals surface area contributed by atoms with E-state index in [1.807, 2.05) is 0 Å². The summed E-state index contributed by atoms with van der Waals surface area (Å²) in [6.45, 7) is 6.63. The molecule has 4 N–H and O–H groups in total. The molecule has 2 fully saturated rings. The van der Waals surface area contributed by atoms with E-state index in [1.165, 1.54) is 51.4 Å². The van der Waals surface area contributed by atoms with Crippen LogP contribution in [0, 0.1) is 17.2 Å². The summed E-state index contributed by atoms with van der Waals surface area (Å²) in [5, 5.41) is 20.3. The molecule has 0 bridgehead atoms. The minimum atomic E-state index is -4.91. The van der Waals surface area contributed by atoms with Gasteiger partial charge in [-0.1, -0.05) is 51.9 Å². The van der Waals surface area contributed by atoms with Gasteiger partial charge in [-0.25, -0.2) is 8.42 Å². The van der Waals surface area contributed by atoms with Crippen molar-refractivity contribution in [3.63, 3.8) is 0 Å². The largest absolute Gasteiger partial charge is 0.481 e. The number of alkyl halides is 3. The minimum Gasteiger partial charge on any atom is -0.481 e. The van der Waals surface area contributed by atoms with Gasteiger partial charge in [-0.05, 0) is 70.7 Å². The molecule has 3 rings (SSSR count). The maximum Gasteiger partial charge on any atom is 0.417 e. The molecule has 1 aromatic rings. The Kier molecular flexibility index (Phi) is 13.6. The Morgan fingerprint density at radius 1 is 1.14 bits per heavy atom. The minimum absolute atomic E-state index is 0.110. The van der Waals surface area contributed by atoms with Crippen LogP contribution in [0.2, 0.25) is 0 Å². The van der Waals surface area contributed by atoms with E-state index in [0.717, 1.165) is 31.5 Å². The Bertz CT molecular complexity index is 1160. The van der Waals surface area contributed by atoms with Crippen molar-refractivity contribution < 1.29 is 36.2 Å². The Labute approximate surface area is 248 Å². The van der Waals surface area contributed by atoms with Crippen LogP contribution in [0.5, 0.6) is 0 Å². The molecule has 0 heterocycles. The number of unbranched alkanes of at least 4 members (excludes halogenated alkanes) is 7. The zero-order valence-corrected chi connectivity index (χ0v) is 25.7. The van der Waals surface area contributed by atoms with E-state index in [9.17, 15) is 31.5 Å². The molecule has 3 atom stereocenters. The first-order chi connectivity index (χ1) is 19.7. The number of hydrogen-bond donors (Lipinski definition) is 3. The molecule has 2 saturated carbocycles. The number of benzene rings is 1. The van der Waals surface area contributed by atoms with Crippen molar-refractivity contribution in [2.75, 3.05) is 12.3 Å². The SMILES string of the molecule is CC(C)O[C@H]1C[C@@H](S(=O)(=O)c2ccc(N)cc2C(F)(F)F)C[C@@H]1C(=O)O.CCCCCCCCCCNC1(C#N)CC1. The van der Waals surface area contributed by atoms with E-state index in [1.54, 1.807) is 13.8 Å². The highest BCUT2D eigenvalue weighted by molar-refractivity contribution is 7.92. The van der Waals surface area contributed by atoms with Gasteiger partial charge < -0.3 is 15.6 Å². The predicted molar refractivity (Wildman–Crippen MR) is 155 cm³/mol. The number of anilines is 1. The van der Waals surface area contributed by atoms with Crippen LogP contribution in [0.15, 0.2) is 23.1 Å². The normalized spacial score (nSPS) is 21.4. The summed E-state index contributed by atoms with van der Waals surface area (Å²) in [6.07, 6.45) is 6.35. The molecule has 1 aromatic carbocycles. The zero-order chi connectivity index (χ0) is 31.6. The van der Waals surface area contributed by atoms with Gasteiger partial charge in [-0.15, -0.1) is 0 Å². The monoisotopic (exact) mass is 617 g/mol. The molecule has 238 valence electrons. The van der Waals surface area contributed by atoms with Gasteiger partial charge in [0.05, 0.1) is 39.9 Å². The maximum atomic E-state index is 13.3. The first kappa shape index (κ1) is 35.8. The summed E-state index contributed by atoms with van der Waals surface area (Å²) in [5.41, 5.74) is 3.69. The lowest BCUT2D eigenvalue weighted by Gasteiger charge is -2.19. The molecule has 0 aromatic heterocycles. The van der Waals surface area contributed by atoms with E-state index in [0.29, 0.717) is 6.07 Å². The molecular formula is C30H46F3N3O5S. The third-order valence-electron chi connectivity index (χ3n) is 7.74. The van der Waals surface area contributed by atoms with Gasteiger partial charge in [0.2, 0.25) is 0 Å². The number of aliphatic carboxylic acids is 1. The number of sulfone groups is 1. The Morgan fingerprint density at radius 3 is 2.24 bits per heavy atom. The third kappa shape index (κ3) is 10.7. The average molecular weight is 618 g/mol. The molecule has 12 heteroatoms. The van der Waals surface area contributed by atoms with Gasteiger partial charge in [0.15, 0.2) is 9.84 Å². The highest BCUT2D eigenvalue weighted by Crippen LogP contribution is 2.41. The van der Waals surface area contributed by atoms with E-state index >= 15 is 0 Å². The molecule has 0 aliphatic heterocycles. The number of carboxylic acids is 1. The van der Waals surface area contributed by atoms with Gasteiger partial charge >= 0.3 is 12.1 Å². The number of nitrogens with one attached hydrogen (secondary N) is 1. The molecule has 0 radical (unpaired) electrons. The Balaban J connectivity index is 0.000000330. The van der Waals surface area contributed by atoms with Gasteiger partial charge in [0.25, 0.3) is 0 Å². The van der Waals surface area contributed by atoms with Crippen molar-refractivity contribution in [2.24, 2.45) is 5.92 Å². The zero-order valence-electron chi connectivity index (χ0n) is 24.9.